The second kappa shape index (κ2) is 9.87. The smallest absolute Gasteiger partial charge is 0.316 e. The SMILES string of the molecule is CCOC(=O)C1CCN(C(=O)C(=O)N(Cc2ccccc2)c2ccccc2)CC1. The number of carbonyl (C=O) groups excluding carboxylic acids is 3. The van der Waals surface area contributed by atoms with Gasteiger partial charge >= 0.3 is 17.8 Å². The van der Waals surface area contributed by atoms with Crippen molar-refractivity contribution in [3.05, 3.63) is 66.2 Å². The lowest BCUT2D eigenvalue weighted by Crippen LogP contribution is -2.48. The van der Waals surface area contributed by atoms with Crippen molar-refractivity contribution in [2.45, 2.75) is 26.3 Å². The molecule has 152 valence electrons. The molecule has 0 saturated carbocycles. The number of ether oxygens (including phenoxy) is 1. The molecule has 29 heavy (non-hydrogen) atoms. The molecule has 0 unspecified atom stereocenters. The largest absolute Gasteiger partial charge is 0.466 e. The number of esters is 1. The van der Waals surface area contributed by atoms with E-state index >= 15 is 0 Å². The van der Waals surface area contributed by atoms with Gasteiger partial charge in [-0.2, -0.15) is 0 Å². The van der Waals surface area contributed by atoms with Crippen LogP contribution in [-0.2, 0) is 25.7 Å². The fraction of sp³-hybridized carbons (Fsp3) is 0.348. The Morgan fingerprint density at radius 1 is 0.966 bits per heavy atom. The summed E-state index contributed by atoms with van der Waals surface area (Å²) in [5.74, 6) is -1.52. The van der Waals surface area contributed by atoms with Crippen LogP contribution in [0.3, 0.4) is 0 Å². The van der Waals surface area contributed by atoms with Crippen LogP contribution in [0.15, 0.2) is 60.7 Å². The van der Waals surface area contributed by atoms with Crippen LogP contribution in [-0.4, -0.2) is 42.4 Å². The first-order chi connectivity index (χ1) is 14.1. The molecule has 3 rings (SSSR count). The first kappa shape index (κ1) is 20.6. The Morgan fingerprint density at radius 3 is 2.14 bits per heavy atom. The summed E-state index contributed by atoms with van der Waals surface area (Å²) in [6, 6.07) is 18.8. The summed E-state index contributed by atoms with van der Waals surface area (Å²) in [5, 5.41) is 0. The number of rotatable bonds is 5. The molecule has 2 aromatic rings. The van der Waals surface area contributed by atoms with E-state index in [0.29, 0.717) is 44.8 Å². The molecule has 1 saturated heterocycles. The monoisotopic (exact) mass is 394 g/mol. The van der Waals surface area contributed by atoms with Gasteiger partial charge in [0.1, 0.15) is 0 Å². The molecule has 1 aliphatic heterocycles. The maximum absolute atomic E-state index is 13.1. The maximum Gasteiger partial charge on any atom is 0.316 e. The number of anilines is 1. The fourth-order valence-corrected chi connectivity index (χ4v) is 3.48. The van der Waals surface area contributed by atoms with Gasteiger partial charge in [-0.3, -0.25) is 19.3 Å². The van der Waals surface area contributed by atoms with Gasteiger partial charge < -0.3 is 9.64 Å². The number of nitrogens with zero attached hydrogens (tertiary/aromatic N) is 2. The van der Waals surface area contributed by atoms with E-state index in [9.17, 15) is 14.4 Å². The Morgan fingerprint density at radius 2 is 1.55 bits per heavy atom. The molecule has 2 amide bonds. The third-order valence-electron chi connectivity index (χ3n) is 5.08. The van der Waals surface area contributed by atoms with Gasteiger partial charge in [-0.1, -0.05) is 48.5 Å². The zero-order valence-corrected chi connectivity index (χ0v) is 16.6. The van der Waals surface area contributed by atoms with Crippen LogP contribution in [0.5, 0.6) is 0 Å². The second-order valence-electron chi connectivity index (χ2n) is 7.03. The van der Waals surface area contributed by atoms with E-state index < -0.39 is 11.8 Å². The summed E-state index contributed by atoms with van der Waals surface area (Å²) < 4.78 is 5.07. The average molecular weight is 394 g/mol. The molecule has 0 spiro atoms. The van der Waals surface area contributed by atoms with Gasteiger partial charge in [0, 0.05) is 18.8 Å². The van der Waals surface area contributed by atoms with Crippen molar-refractivity contribution in [3.63, 3.8) is 0 Å². The number of hydrogen-bond donors (Lipinski definition) is 0. The van der Waals surface area contributed by atoms with Crippen LogP contribution in [0, 0.1) is 5.92 Å². The van der Waals surface area contributed by atoms with Crippen molar-refractivity contribution in [1.82, 2.24) is 4.90 Å². The van der Waals surface area contributed by atoms with E-state index in [2.05, 4.69) is 0 Å². The Balaban J connectivity index is 1.71. The standard InChI is InChI=1S/C23H26N2O4/c1-2-29-23(28)19-13-15-24(16-14-19)21(26)22(27)25(20-11-7-4-8-12-20)17-18-9-5-3-6-10-18/h3-12,19H,2,13-17H2,1H3. The van der Waals surface area contributed by atoms with E-state index in [-0.39, 0.29) is 11.9 Å². The Kier molecular flexibility index (Phi) is 7.00. The van der Waals surface area contributed by atoms with Gasteiger partial charge in [-0.15, -0.1) is 0 Å². The molecular weight excluding hydrogens is 368 g/mol. The van der Waals surface area contributed by atoms with Gasteiger partial charge in [0.05, 0.1) is 19.1 Å². The number of piperidine rings is 1. The van der Waals surface area contributed by atoms with Crippen molar-refractivity contribution in [3.8, 4) is 0 Å². The van der Waals surface area contributed by atoms with E-state index in [0.717, 1.165) is 5.56 Å². The summed E-state index contributed by atoms with van der Waals surface area (Å²) in [6.45, 7) is 3.20. The molecule has 1 heterocycles. The number of hydrogen-bond acceptors (Lipinski definition) is 4. The zero-order valence-electron chi connectivity index (χ0n) is 16.6. The molecule has 0 N–H and O–H groups in total. The second-order valence-corrected chi connectivity index (χ2v) is 7.03. The molecular formula is C23H26N2O4. The van der Waals surface area contributed by atoms with Gasteiger partial charge in [-0.05, 0) is 37.5 Å². The lowest BCUT2D eigenvalue weighted by molar-refractivity contribution is -0.152. The number of benzene rings is 2. The minimum Gasteiger partial charge on any atom is -0.466 e. The number of likely N-dealkylation sites (tertiary alicyclic amines) is 1. The molecule has 0 atom stereocenters. The van der Waals surface area contributed by atoms with E-state index in [1.165, 1.54) is 4.90 Å². The van der Waals surface area contributed by atoms with Gasteiger partial charge in [0.25, 0.3) is 0 Å². The minimum absolute atomic E-state index is 0.205. The first-order valence-corrected chi connectivity index (χ1v) is 9.96. The van der Waals surface area contributed by atoms with E-state index in [1.807, 2.05) is 60.7 Å². The van der Waals surface area contributed by atoms with Crippen molar-refractivity contribution in [2.75, 3.05) is 24.6 Å². The number of amides is 2. The molecule has 1 aliphatic rings. The minimum atomic E-state index is -0.561. The quantitative estimate of drug-likeness (QED) is 0.578. The van der Waals surface area contributed by atoms with Crippen LogP contribution in [0.2, 0.25) is 0 Å². The molecule has 0 aromatic heterocycles. The molecule has 0 aliphatic carbocycles. The van der Waals surface area contributed by atoms with Gasteiger partial charge in [0.2, 0.25) is 0 Å². The van der Waals surface area contributed by atoms with Crippen LogP contribution >= 0.6 is 0 Å². The lowest BCUT2D eigenvalue weighted by atomic mass is 9.97. The normalized spacial score (nSPS) is 14.3. The van der Waals surface area contributed by atoms with E-state index in [1.54, 1.807) is 11.8 Å². The zero-order chi connectivity index (χ0) is 20.6. The summed E-state index contributed by atoms with van der Waals surface area (Å²) in [4.78, 5) is 41.0. The third-order valence-corrected chi connectivity index (χ3v) is 5.08. The highest BCUT2D eigenvalue weighted by Crippen LogP contribution is 2.21. The molecule has 2 aromatic carbocycles. The maximum atomic E-state index is 13.1. The van der Waals surface area contributed by atoms with Gasteiger partial charge in [-0.25, -0.2) is 0 Å². The summed E-state index contributed by atoms with van der Waals surface area (Å²) in [6.07, 6.45) is 1.03. The molecule has 0 radical (unpaired) electrons. The van der Waals surface area contributed by atoms with Crippen LogP contribution in [0.4, 0.5) is 5.69 Å². The lowest BCUT2D eigenvalue weighted by Gasteiger charge is -2.32. The van der Waals surface area contributed by atoms with E-state index in [4.69, 9.17) is 4.74 Å². The Labute approximate surface area is 171 Å². The average Bonchev–Trinajstić information content (AvgIpc) is 2.78. The molecule has 1 fully saturated rings. The Bertz CT molecular complexity index is 830. The molecule has 6 heteroatoms. The topological polar surface area (TPSA) is 66.9 Å². The van der Waals surface area contributed by atoms with Crippen LogP contribution in [0.25, 0.3) is 0 Å². The highest BCUT2D eigenvalue weighted by atomic mass is 16.5. The highest BCUT2D eigenvalue weighted by molar-refractivity contribution is 6.40. The fourth-order valence-electron chi connectivity index (χ4n) is 3.48. The summed E-state index contributed by atoms with van der Waals surface area (Å²) >= 11 is 0. The van der Waals surface area contributed by atoms with Crippen molar-refractivity contribution < 1.29 is 19.1 Å². The highest BCUT2D eigenvalue weighted by Gasteiger charge is 2.33. The van der Waals surface area contributed by atoms with Crippen molar-refractivity contribution >= 4 is 23.5 Å². The molecule has 6 nitrogen and oxygen atoms in total. The summed E-state index contributed by atoms with van der Waals surface area (Å²) in [7, 11) is 0. The number of carbonyl (C=O) groups is 3. The van der Waals surface area contributed by atoms with Gasteiger partial charge in [0.15, 0.2) is 0 Å². The van der Waals surface area contributed by atoms with Crippen LogP contribution < -0.4 is 4.90 Å². The Hall–Kier alpha value is -3.15. The number of para-hydroxylation sites is 1. The van der Waals surface area contributed by atoms with Crippen molar-refractivity contribution in [2.24, 2.45) is 5.92 Å². The predicted molar refractivity (Wildman–Crippen MR) is 110 cm³/mol. The van der Waals surface area contributed by atoms with Crippen molar-refractivity contribution in [1.29, 1.82) is 0 Å². The first-order valence-electron chi connectivity index (χ1n) is 9.96. The third kappa shape index (κ3) is 5.22. The predicted octanol–water partition coefficient (Wildman–Crippen LogP) is 3.02. The molecule has 0 bridgehead atoms. The summed E-state index contributed by atoms with van der Waals surface area (Å²) in [5.41, 5.74) is 1.62. The van der Waals surface area contributed by atoms with Crippen LogP contribution in [0.1, 0.15) is 25.3 Å².